The molecule has 2 rings (SSSR count). The fourth-order valence-electron chi connectivity index (χ4n) is 3.18. The lowest BCUT2D eigenvalue weighted by Crippen LogP contribution is -2.39. The first-order chi connectivity index (χ1) is 12.6. The monoisotopic (exact) mass is 379 g/mol. The minimum atomic E-state index is -0.137. The molecule has 0 spiro atoms. The highest BCUT2D eigenvalue weighted by atomic mass is 32.1. The molecular formula is C19H33N5OS. The van der Waals surface area contributed by atoms with Crippen molar-refractivity contribution in [3.05, 3.63) is 21.9 Å². The highest BCUT2D eigenvalue weighted by Gasteiger charge is 2.22. The van der Waals surface area contributed by atoms with Crippen molar-refractivity contribution in [1.82, 2.24) is 15.5 Å². The van der Waals surface area contributed by atoms with Crippen molar-refractivity contribution in [1.29, 1.82) is 0 Å². The van der Waals surface area contributed by atoms with Crippen LogP contribution in [0.2, 0.25) is 0 Å². The largest absolute Gasteiger partial charge is 0.369 e. The Kier molecular flexibility index (Phi) is 8.91. The molecule has 1 aromatic heterocycles. The van der Waals surface area contributed by atoms with Crippen molar-refractivity contribution in [2.75, 3.05) is 32.7 Å². The Morgan fingerprint density at radius 3 is 2.69 bits per heavy atom. The number of aryl methyl sites for hydroxylation is 1. The molecular weight excluding hydrogens is 346 g/mol. The fourth-order valence-corrected chi connectivity index (χ4v) is 3.99. The number of hydrogen-bond acceptors (Lipinski definition) is 4. The Bertz CT molecular complexity index is 578. The number of unbranched alkanes of at least 4 members (excludes halogenated alkanes) is 1. The van der Waals surface area contributed by atoms with Gasteiger partial charge in [-0.05, 0) is 71.3 Å². The van der Waals surface area contributed by atoms with E-state index < -0.39 is 0 Å². The first-order valence-corrected chi connectivity index (χ1v) is 10.5. The molecule has 1 aromatic rings. The van der Waals surface area contributed by atoms with Crippen molar-refractivity contribution < 1.29 is 4.79 Å². The molecule has 4 N–H and O–H groups in total. The number of carbonyl (C=O) groups is 1. The van der Waals surface area contributed by atoms with Crippen LogP contribution >= 0.6 is 11.3 Å². The van der Waals surface area contributed by atoms with Gasteiger partial charge in [0.05, 0.1) is 6.54 Å². The van der Waals surface area contributed by atoms with Gasteiger partial charge in [0.1, 0.15) is 0 Å². The van der Waals surface area contributed by atoms with Gasteiger partial charge in [-0.3, -0.25) is 4.79 Å². The topological polar surface area (TPSA) is 82.8 Å². The summed E-state index contributed by atoms with van der Waals surface area (Å²) in [5, 5.41) is 6.73. The molecule has 1 saturated heterocycles. The molecule has 0 bridgehead atoms. The van der Waals surface area contributed by atoms with E-state index in [0.717, 1.165) is 70.9 Å². The molecule has 1 amide bonds. The van der Waals surface area contributed by atoms with Crippen LogP contribution in [0.1, 0.15) is 42.4 Å². The van der Waals surface area contributed by atoms with Gasteiger partial charge in [-0.2, -0.15) is 0 Å². The third kappa shape index (κ3) is 7.33. The zero-order chi connectivity index (χ0) is 18.8. The van der Waals surface area contributed by atoms with Crippen LogP contribution in [0.25, 0.3) is 0 Å². The fraction of sp³-hybridized carbons (Fsp3) is 0.684. The summed E-state index contributed by atoms with van der Waals surface area (Å²) in [6, 6.07) is 4.29. The summed E-state index contributed by atoms with van der Waals surface area (Å²) in [7, 11) is 0. The second-order valence-electron chi connectivity index (χ2n) is 6.86. The van der Waals surface area contributed by atoms with Gasteiger partial charge >= 0.3 is 0 Å². The predicted molar refractivity (Wildman–Crippen MR) is 109 cm³/mol. The Morgan fingerprint density at radius 2 is 2.08 bits per heavy atom. The van der Waals surface area contributed by atoms with Crippen LogP contribution in [0.5, 0.6) is 0 Å². The summed E-state index contributed by atoms with van der Waals surface area (Å²) in [4.78, 5) is 20.9. The molecule has 26 heavy (non-hydrogen) atoms. The lowest BCUT2D eigenvalue weighted by atomic mass is 9.96. The van der Waals surface area contributed by atoms with E-state index in [1.54, 1.807) is 11.3 Å². The standard InChI is InChI=1S/C19H33N5OS/c1-3-21-19(23-14-17-7-6-15(2)26-17)22-10-4-5-11-24-12-8-16(9-13-24)18(20)25/h6-7,16H,3-5,8-14H2,1-2H3,(H2,20,25)(H2,21,22,23). The number of piperidine rings is 1. The molecule has 0 aliphatic carbocycles. The van der Waals surface area contributed by atoms with Crippen LogP contribution in [0.4, 0.5) is 0 Å². The van der Waals surface area contributed by atoms with Crippen molar-refractivity contribution >= 4 is 23.2 Å². The number of thiophene rings is 1. The highest BCUT2D eigenvalue weighted by Crippen LogP contribution is 2.17. The number of nitrogens with zero attached hydrogens (tertiary/aromatic N) is 2. The number of nitrogens with one attached hydrogen (secondary N) is 2. The van der Waals surface area contributed by atoms with E-state index in [9.17, 15) is 4.79 Å². The zero-order valence-electron chi connectivity index (χ0n) is 16.1. The van der Waals surface area contributed by atoms with Gasteiger partial charge in [-0.1, -0.05) is 0 Å². The van der Waals surface area contributed by atoms with E-state index in [4.69, 9.17) is 5.73 Å². The lowest BCUT2D eigenvalue weighted by molar-refractivity contribution is -0.123. The first-order valence-electron chi connectivity index (χ1n) is 9.67. The summed E-state index contributed by atoms with van der Waals surface area (Å²) in [6.45, 7) is 9.80. The second-order valence-corrected chi connectivity index (χ2v) is 8.23. The first kappa shape index (κ1) is 20.7. The van der Waals surface area contributed by atoms with E-state index in [0.29, 0.717) is 0 Å². The number of nitrogens with two attached hydrogens (primary N) is 1. The second kappa shape index (κ2) is 11.2. The smallest absolute Gasteiger partial charge is 0.220 e. The maximum atomic E-state index is 11.2. The van der Waals surface area contributed by atoms with Crippen molar-refractivity contribution in [3.8, 4) is 0 Å². The number of rotatable bonds is 9. The van der Waals surface area contributed by atoms with Crippen LogP contribution in [-0.4, -0.2) is 49.5 Å². The summed E-state index contributed by atoms with van der Waals surface area (Å²) in [5.41, 5.74) is 5.39. The van der Waals surface area contributed by atoms with Crippen molar-refractivity contribution in [2.24, 2.45) is 16.6 Å². The van der Waals surface area contributed by atoms with Crippen LogP contribution in [0.3, 0.4) is 0 Å². The number of guanidine groups is 1. The van der Waals surface area contributed by atoms with E-state index >= 15 is 0 Å². The molecule has 7 heteroatoms. The Labute approximate surface area is 161 Å². The zero-order valence-corrected chi connectivity index (χ0v) is 16.9. The summed E-state index contributed by atoms with van der Waals surface area (Å²) >= 11 is 1.80. The number of aliphatic imine (C=N–C) groups is 1. The molecule has 0 saturated carbocycles. The van der Waals surface area contributed by atoms with Gasteiger partial charge in [0.25, 0.3) is 0 Å². The molecule has 0 aromatic carbocycles. The minimum Gasteiger partial charge on any atom is -0.369 e. The number of amides is 1. The van der Waals surface area contributed by atoms with Gasteiger partial charge in [-0.15, -0.1) is 11.3 Å². The van der Waals surface area contributed by atoms with Crippen LogP contribution in [-0.2, 0) is 11.3 Å². The van der Waals surface area contributed by atoms with Gasteiger partial charge in [-0.25, -0.2) is 4.99 Å². The van der Waals surface area contributed by atoms with Crippen LogP contribution in [0, 0.1) is 12.8 Å². The van der Waals surface area contributed by atoms with E-state index in [2.05, 4.69) is 46.5 Å². The molecule has 1 fully saturated rings. The third-order valence-electron chi connectivity index (χ3n) is 4.72. The number of carbonyl (C=O) groups excluding carboxylic acids is 1. The lowest BCUT2D eigenvalue weighted by Gasteiger charge is -2.30. The quantitative estimate of drug-likeness (QED) is 0.349. The Balaban J connectivity index is 1.61. The Hall–Kier alpha value is -1.60. The van der Waals surface area contributed by atoms with E-state index in [1.165, 1.54) is 9.75 Å². The van der Waals surface area contributed by atoms with Crippen LogP contribution < -0.4 is 16.4 Å². The normalized spacial score (nSPS) is 16.6. The third-order valence-corrected chi connectivity index (χ3v) is 5.70. The molecule has 1 aliphatic rings. The molecule has 0 unspecified atom stereocenters. The van der Waals surface area contributed by atoms with Crippen molar-refractivity contribution in [3.63, 3.8) is 0 Å². The minimum absolute atomic E-state index is 0.0823. The number of likely N-dealkylation sites (tertiary alicyclic amines) is 1. The molecule has 146 valence electrons. The average Bonchev–Trinajstić information content (AvgIpc) is 3.05. The summed E-state index contributed by atoms with van der Waals surface area (Å²) < 4.78 is 0. The van der Waals surface area contributed by atoms with Gasteiger partial charge < -0.3 is 21.3 Å². The molecule has 6 nitrogen and oxygen atoms in total. The molecule has 2 heterocycles. The van der Waals surface area contributed by atoms with Gasteiger partial charge in [0.15, 0.2) is 5.96 Å². The molecule has 0 atom stereocenters. The molecule has 0 radical (unpaired) electrons. The number of hydrogen-bond donors (Lipinski definition) is 3. The molecule has 1 aliphatic heterocycles. The summed E-state index contributed by atoms with van der Waals surface area (Å²) in [5.74, 6) is 0.835. The maximum absolute atomic E-state index is 11.2. The van der Waals surface area contributed by atoms with E-state index in [-0.39, 0.29) is 11.8 Å². The van der Waals surface area contributed by atoms with Crippen molar-refractivity contribution in [2.45, 2.75) is 46.1 Å². The highest BCUT2D eigenvalue weighted by molar-refractivity contribution is 7.11. The summed E-state index contributed by atoms with van der Waals surface area (Å²) in [6.07, 6.45) is 4.08. The van der Waals surface area contributed by atoms with Gasteiger partial charge in [0, 0.05) is 28.8 Å². The van der Waals surface area contributed by atoms with Crippen LogP contribution in [0.15, 0.2) is 17.1 Å². The SMILES string of the molecule is CCNC(=NCc1ccc(C)s1)NCCCCN1CCC(C(N)=O)CC1. The average molecular weight is 380 g/mol. The predicted octanol–water partition coefficient (Wildman–Crippen LogP) is 2.09. The Morgan fingerprint density at radius 1 is 1.31 bits per heavy atom. The van der Waals surface area contributed by atoms with Gasteiger partial charge in [0.2, 0.25) is 5.91 Å². The number of primary amides is 1. The van der Waals surface area contributed by atoms with E-state index in [1.807, 2.05) is 0 Å². The maximum Gasteiger partial charge on any atom is 0.220 e.